The van der Waals surface area contributed by atoms with Gasteiger partial charge >= 0.3 is 0 Å². The first kappa shape index (κ1) is 8.44. The Morgan fingerprint density at radius 1 is 1.46 bits per heavy atom. The Balaban J connectivity index is 2.49. The molecule has 1 aromatic carbocycles. The van der Waals surface area contributed by atoms with Crippen molar-refractivity contribution in [3.8, 4) is 5.75 Å². The fraction of sp³-hybridized carbons (Fsp3) is 0.333. The maximum atomic E-state index is 13.1. The molecule has 4 heteroatoms. The molecule has 2 rings (SSSR count). The van der Waals surface area contributed by atoms with Gasteiger partial charge in [-0.15, -0.1) is 0 Å². The molecule has 0 spiro atoms. The van der Waals surface area contributed by atoms with Gasteiger partial charge in [-0.3, -0.25) is 0 Å². The predicted molar refractivity (Wildman–Crippen MR) is 41.6 cm³/mol. The highest BCUT2D eigenvalue weighted by atomic mass is 19.2. The summed E-state index contributed by atoms with van der Waals surface area (Å²) in [5.41, 5.74) is 0.571. The van der Waals surface area contributed by atoms with Crippen LogP contribution in [0.2, 0.25) is 0 Å². The molecule has 1 heterocycles. The maximum Gasteiger partial charge on any atom is 0.200 e. The number of methoxy groups -OCH3 is 1. The molecule has 1 fully saturated rings. The maximum absolute atomic E-state index is 13.1. The summed E-state index contributed by atoms with van der Waals surface area (Å²) in [6, 6.07) is 2.56. The zero-order chi connectivity index (χ0) is 9.42. The van der Waals surface area contributed by atoms with E-state index in [0.29, 0.717) is 12.2 Å². The van der Waals surface area contributed by atoms with Crippen molar-refractivity contribution in [2.75, 3.05) is 13.7 Å². The van der Waals surface area contributed by atoms with Crippen LogP contribution in [0.5, 0.6) is 5.75 Å². The van der Waals surface area contributed by atoms with Gasteiger partial charge in [-0.05, 0) is 12.1 Å². The van der Waals surface area contributed by atoms with E-state index in [-0.39, 0.29) is 11.9 Å². The molecule has 1 unspecified atom stereocenters. The molecule has 13 heavy (non-hydrogen) atoms. The number of rotatable bonds is 2. The van der Waals surface area contributed by atoms with Gasteiger partial charge in [0.25, 0.3) is 0 Å². The summed E-state index contributed by atoms with van der Waals surface area (Å²) in [6.07, 6.45) is -0.134. The number of hydrogen-bond donors (Lipinski definition) is 0. The average Bonchev–Trinajstić information content (AvgIpc) is 2.92. The van der Waals surface area contributed by atoms with E-state index in [1.165, 1.54) is 13.2 Å². The van der Waals surface area contributed by atoms with Crippen molar-refractivity contribution in [2.24, 2.45) is 0 Å². The molecule has 1 aromatic rings. The van der Waals surface area contributed by atoms with Crippen LogP contribution >= 0.6 is 0 Å². The largest absolute Gasteiger partial charge is 0.493 e. The average molecular weight is 186 g/mol. The van der Waals surface area contributed by atoms with Crippen LogP contribution in [-0.4, -0.2) is 13.7 Å². The van der Waals surface area contributed by atoms with Gasteiger partial charge in [-0.1, -0.05) is 0 Å². The zero-order valence-electron chi connectivity index (χ0n) is 7.01. The smallest absolute Gasteiger partial charge is 0.200 e. The van der Waals surface area contributed by atoms with Crippen molar-refractivity contribution in [3.63, 3.8) is 0 Å². The van der Waals surface area contributed by atoms with Gasteiger partial charge in [0.05, 0.1) is 13.7 Å². The number of halogens is 2. The van der Waals surface area contributed by atoms with Crippen molar-refractivity contribution in [1.29, 1.82) is 0 Å². The molecule has 0 aliphatic carbocycles. The summed E-state index contributed by atoms with van der Waals surface area (Å²) in [7, 11) is 1.31. The molecule has 70 valence electrons. The van der Waals surface area contributed by atoms with E-state index in [2.05, 4.69) is 0 Å². The van der Waals surface area contributed by atoms with E-state index in [1.807, 2.05) is 0 Å². The van der Waals surface area contributed by atoms with Crippen LogP contribution in [-0.2, 0) is 4.74 Å². The van der Waals surface area contributed by atoms with E-state index in [9.17, 15) is 8.78 Å². The molecule has 0 bridgehead atoms. The molecule has 1 aliphatic rings. The number of hydrogen-bond acceptors (Lipinski definition) is 2. The monoisotopic (exact) mass is 186 g/mol. The van der Waals surface area contributed by atoms with Crippen LogP contribution in [0.3, 0.4) is 0 Å². The van der Waals surface area contributed by atoms with Crippen LogP contribution in [0.4, 0.5) is 8.78 Å². The molecule has 1 saturated heterocycles. The Labute approximate surface area is 74.1 Å². The molecular formula is C9H8F2O2. The minimum atomic E-state index is -0.949. The van der Waals surface area contributed by atoms with Gasteiger partial charge in [-0.2, -0.15) is 4.39 Å². The Bertz CT molecular complexity index is 335. The highest BCUT2D eigenvalue weighted by molar-refractivity contribution is 5.38. The van der Waals surface area contributed by atoms with Crippen LogP contribution in [0.1, 0.15) is 11.7 Å². The van der Waals surface area contributed by atoms with Crippen molar-refractivity contribution >= 4 is 0 Å². The summed E-state index contributed by atoms with van der Waals surface area (Å²) in [4.78, 5) is 0. The Hall–Kier alpha value is -1.16. The first-order chi connectivity index (χ1) is 6.24. The highest BCUT2D eigenvalue weighted by Crippen LogP contribution is 2.38. The minimum absolute atomic E-state index is 0.0532. The van der Waals surface area contributed by atoms with E-state index >= 15 is 0 Å². The molecular weight excluding hydrogens is 178 g/mol. The van der Waals surface area contributed by atoms with E-state index in [0.717, 1.165) is 6.07 Å². The number of epoxide rings is 1. The van der Waals surface area contributed by atoms with Crippen LogP contribution < -0.4 is 4.74 Å². The summed E-state index contributed by atoms with van der Waals surface area (Å²) in [5, 5.41) is 0. The molecule has 1 atom stereocenters. The fourth-order valence-electron chi connectivity index (χ4n) is 1.24. The van der Waals surface area contributed by atoms with Crippen molar-refractivity contribution in [1.82, 2.24) is 0 Å². The fourth-order valence-corrected chi connectivity index (χ4v) is 1.24. The van der Waals surface area contributed by atoms with Gasteiger partial charge in [0.2, 0.25) is 5.82 Å². The first-order valence-electron chi connectivity index (χ1n) is 3.87. The standard InChI is InChI=1S/C9H8F2O2/c1-12-9-5(7-4-13-7)2-3-6(10)8(9)11/h2-3,7H,4H2,1H3. The number of ether oxygens (including phenoxy) is 2. The Kier molecular flexibility index (Phi) is 1.92. The third kappa shape index (κ3) is 1.37. The summed E-state index contributed by atoms with van der Waals surface area (Å²) < 4.78 is 35.6. The Morgan fingerprint density at radius 3 is 2.69 bits per heavy atom. The van der Waals surface area contributed by atoms with E-state index in [1.54, 1.807) is 0 Å². The molecule has 0 N–H and O–H groups in total. The lowest BCUT2D eigenvalue weighted by molar-refractivity contribution is 0.353. The molecule has 0 aromatic heterocycles. The third-order valence-corrected chi connectivity index (χ3v) is 1.96. The summed E-state index contributed by atoms with van der Waals surface area (Å²) in [5.74, 6) is -1.90. The third-order valence-electron chi connectivity index (χ3n) is 1.96. The summed E-state index contributed by atoms with van der Waals surface area (Å²) >= 11 is 0. The van der Waals surface area contributed by atoms with Crippen LogP contribution in [0.15, 0.2) is 12.1 Å². The van der Waals surface area contributed by atoms with Crippen LogP contribution in [0, 0.1) is 11.6 Å². The highest BCUT2D eigenvalue weighted by Gasteiger charge is 2.30. The van der Waals surface area contributed by atoms with Gasteiger partial charge in [-0.25, -0.2) is 4.39 Å². The SMILES string of the molecule is COc1c(C2CO2)ccc(F)c1F. The van der Waals surface area contributed by atoms with Gasteiger partial charge in [0.1, 0.15) is 6.10 Å². The van der Waals surface area contributed by atoms with Crippen molar-refractivity contribution < 1.29 is 18.3 Å². The van der Waals surface area contributed by atoms with E-state index in [4.69, 9.17) is 9.47 Å². The minimum Gasteiger partial charge on any atom is -0.493 e. The lowest BCUT2D eigenvalue weighted by atomic mass is 10.1. The predicted octanol–water partition coefficient (Wildman–Crippen LogP) is 2.04. The normalized spacial score (nSPS) is 20.1. The first-order valence-corrected chi connectivity index (χ1v) is 3.87. The van der Waals surface area contributed by atoms with Crippen molar-refractivity contribution in [3.05, 3.63) is 29.3 Å². The van der Waals surface area contributed by atoms with Gasteiger partial charge < -0.3 is 9.47 Å². The molecule has 1 aliphatic heterocycles. The summed E-state index contributed by atoms with van der Waals surface area (Å²) in [6.45, 7) is 0.543. The molecule has 0 radical (unpaired) electrons. The molecule has 2 nitrogen and oxygen atoms in total. The second kappa shape index (κ2) is 2.96. The van der Waals surface area contributed by atoms with Crippen LogP contribution in [0.25, 0.3) is 0 Å². The zero-order valence-corrected chi connectivity index (χ0v) is 7.01. The quantitative estimate of drug-likeness (QED) is 0.659. The topological polar surface area (TPSA) is 21.8 Å². The lowest BCUT2D eigenvalue weighted by Crippen LogP contribution is -1.97. The lowest BCUT2D eigenvalue weighted by Gasteiger charge is -2.07. The second-order valence-electron chi connectivity index (χ2n) is 2.81. The van der Waals surface area contributed by atoms with Gasteiger partial charge in [0, 0.05) is 5.56 Å². The van der Waals surface area contributed by atoms with Crippen molar-refractivity contribution in [2.45, 2.75) is 6.10 Å². The van der Waals surface area contributed by atoms with Gasteiger partial charge in [0.15, 0.2) is 11.6 Å². The second-order valence-corrected chi connectivity index (χ2v) is 2.81. The number of benzene rings is 1. The Morgan fingerprint density at radius 2 is 2.15 bits per heavy atom. The molecule has 0 amide bonds. The molecule has 0 saturated carbocycles. The van der Waals surface area contributed by atoms with E-state index < -0.39 is 11.6 Å².